The predicted molar refractivity (Wildman–Crippen MR) is 116 cm³/mol. The Bertz CT molecular complexity index is 1170. The van der Waals surface area contributed by atoms with Crippen molar-refractivity contribution >= 4 is 40.0 Å². The summed E-state index contributed by atoms with van der Waals surface area (Å²) in [5.41, 5.74) is 3.00. The Kier molecular flexibility index (Phi) is 5.64. The Labute approximate surface area is 177 Å². The molecule has 4 aromatic rings. The zero-order chi connectivity index (χ0) is 20.4. The highest BCUT2D eigenvalue weighted by Gasteiger charge is 2.21. The van der Waals surface area contributed by atoms with Crippen molar-refractivity contribution in [2.45, 2.75) is 24.8 Å². The van der Waals surface area contributed by atoms with E-state index in [0.717, 1.165) is 32.3 Å². The second-order valence-corrected chi connectivity index (χ2v) is 8.32. The molecule has 0 aliphatic carbocycles. The number of ether oxygens (including phenoxy) is 1. The standard InChI is InChI=1S/C21H20N4O2S2/c1-4-27-20(26)18-13(2)14-8-5-6-9-15(14)22-16(18)12-29-21-24-23-19(25(21)3)17-10-7-11-28-17/h5-11H,4,12H2,1-3H3. The van der Waals surface area contributed by atoms with Crippen LogP contribution in [-0.2, 0) is 17.5 Å². The summed E-state index contributed by atoms with van der Waals surface area (Å²) >= 11 is 3.14. The molecule has 8 heteroatoms. The normalized spacial score (nSPS) is 11.1. The van der Waals surface area contributed by atoms with Crippen molar-refractivity contribution < 1.29 is 9.53 Å². The molecule has 0 N–H and O–H groups in total. The van der Waals surface area contributed by atoms with Crippen LogP contribution < -0.4 is 0 Å². The number of pyridine rings is 1. The lowest BCUT2D eigenvalue weighted by atomic mass is 10.0. The van der Waals surface area contributed by atoms with Crippen molar-refractivity contribution in [3.8, 4) is 10.7 Å². The van der Waals surface area contributed by atoms with Crippen LogP contribution in [0.1, 0.15) is 28.5 Å². The quantitative estimate of drug-likeness (QED) is 0.325. The van der Waals surface area contributed by atoms with Gasteiger partial charge in [-0.1, -0.05) is 36.0 Å². The Hall–Kier alpha value is -2.71. The first-order chi connectivity index (χ1) is 14.1. The molecular formula is C21H20N4O2S2. The molecule has 0 amide bonds. The number of thioether (sulfide) groups is 1. The van der Waals surface area contributed by atoms with Gasteiger partial charge in [-0.25, -0.2) is 4.79 Å². The van der Waals surface area contributed by atoms with Gasteiger partial charge in [0, 0.05) is 18.2 Å². The van der Waals surface area contributed by atoms with Crippen molar-refractivity contribution in [1.29, 1.82) is 0 Å². The average Bonchev–Trinajstić information content (AvgIpc) is 3.36. The van der Waals surface area contributed by atoms with Crippen LogP contribution in [0, 0.1) is 6.92 Å². The first kappa shape index (κ1) is 19.6. The van der Waals surface area contributed by atoms with Gasteiger partial charge in [0.2, 0.25) is 0 Å². The summed E-state index contributed by atoms with van der Waals surface area (Å²) in [4.78, 5) is 18.5. The largest absolute Gasteiger partial charge is 0.462 e. The first-order valence-electron chi connectivity index (χ1n) is 9.21. The third-order valence-electron chi connectivity index (χ3n) is 4.62. The van der Waals surface area contributed by atoms with Crippen molar-refractivity contribution in [2.24, 2.45) is 7.05 Å². The van der Waals surface area contributed by atoms with Crippen LogP contribution in [0.3, 0.4) is 0 Å². The molecule has 6 nitrogen and oxygen atoms in total. The molecule has 0 saturated carbocycles. The third kappa shape index (κ3) is 3.77. The fraction of sp³-hybridized carbons (Fsp3) is 0.238. The van der Waals surface area contributed by atoms with Crippen LogP contribution in [-0.4, -0.2) is 32.3 Å². The molecule has 0 fully saturated rings. The molecule has 0 spiro atoms. The van der Waals surface area contributed by atoms with E-state index in [1.165, 1.54) is 11.8 Å². The van der Waals surface area contributed by atoms with Gasteiger partial charge in [-0.2, -0.15) is 0 Å². The third-order valence-corrected chi connectivity index (χ3v) is 6.52. The summed E-state index contributed by atoms with van der Waals surface area (Å²) in [6.45, 7) is 4.08. The van der Waals surface area contributed by atoms with Gasteiger partial charge in [-0.15, -0.1) is 21.5 Å². The Balaban J connectivity index is 1.69. The molecule has 3 heterocycles. The average molecular weight is 425 g/mol. The van der Waals surface area contributed by atoms with E-state index in [9.17, 15) is 4.79 Å². The number of hydrogen-bond donors (Lipinski definition) is 0. The van der Waals surface area contributed by atoms with E-state index in [2.05, 4.69) is 10.2 Å². The van der Waals surface area contributed by atoms with Crippen molar-refractivity contribution in [2.75, 3.05) is 6.61 Å². The number of aromatic nitrogens is 4. The van der Waals surface area contributed by atoms with Gasteiger partial charge in [0.05, 0.1) is 28.3 Å². The number of fused-ring (bicyclic) bond motifs is 1. The number of thiophene rings is 1. The minimum absolute atomic E-state index is 0.325. The number of rotatable bonds is 6. The smallest absolute Gasteiger partial charge is 0.340 e. The molecule has 0 aliphatic rings. The van der Waals surface area contributed by atoms with E-state index in [1.54, 1.807) is 11.3 Å². The van der Waals surface area contributed by atoms with Crippen LogP contribution >= 0.6 is 23.1 Å². The maximum Gasteiger partial charge on any atom is 0.340 e. The van der Waals surface area contributed by atoms with Gasteiger partial charge < -0.3 is 9.30 Å². The van der Waals surface area contributed by atoms with Gasteiger partial charge in [-0.3, -0.25) is 4.98 Å². The minimum Gasteiger partial charge on any atom is -0.462 e. The fourth-order valence-corrected chi connectivity index (χ4v) is 4.81. The SMILES string of the molecule is CCOC(=O)c1c(CSc2nnc(-c3cccs3)n2C)nc2ccccc2c1C. The lowest BCUT2D eigenvalue weighted by molar-refractivity contribution is 0.0524. The monoisotopic (exact) mass is 424 g/mol. The highest BCUT2D eigenvalue weighted by atomic mass is 32.2. The summed E-state index contributed by atoms with van der Waals surface area (Å²) in [6.07, 6.45) is 0. The Morgan fingerprint density at radius 3 is 2.79 bits per heavy atom. The van der Waals surface area contributed by atoms with E-state index >= 15 is 0 Å². The number of aryl methyl sites for hydroxylation is 1. The summed E-state index contributed by atoms with van der Waals surface area (Å²) in [5.74, 6) is 0.989. The molecule has 148 valence electrons. The summed E-state index contributed by atoms with van der Waals surface area (Å²) in [6, 6.07) is 11.9. The molecule has 0 unspecified atom stereocenters. The van der Waals surface area contributed by atoms with Crippen molar-refractivity contribution in [3.63, 3.8) is 0 Å². The maximum atomic E-state index is 12.7. The molecular weight excluding hydrogens is 404 g/mol. The zero-order valence-corrected chi connectivity index (χ0v) is 18.0. The molecule has 0 saturated heterocycles. The van der Waals surface area contributed by atoms with Crippen LogP contribution in [0.15, 0.2) is 46.9 Å². The first-order valence-corrected chi connectivity index (χ1v) is 11.1. The topological polar surface area (TPSA) is 69.9 Å². The number of carbonyl (C=O) groups excluding carboxylic acids is 1. The van der Waals surface area contributed by atoms with Gasteiger partial charge in [0.25, 0.3) is 0 Å². The number of nitrogens with zero attached hydrogens (tertiary/aromatic N) is 4. The number of carbonyl (C=O) groups is 1. The highest BCUT2D eigenvalue weighted by Crippen LogP contribution is 2.30. The van der Waals surface area contributed by atoms with Crippen LogP contribution in [0.25, 0.3) is 21.6 Å². The van der Waals surface area contributed by atoms with Crippen molar-refractivity contribution in [1.82, 2.24) is 19.7 Å². The molecule has 0 aliphatic heterocycles. The van der Waals surface area contributed by atoms with Crippen molar-refractivity contribution in [3.05, 3.63) is 58.6 Å². The second kappa shape index (κ2) is 8.34. The second-order valence-electron chi connectivity index (χ2n) is 6.43. The number of benzene rings is 1. The fourth-order valence-electron chi connectivity index (χ4n) is 3.21. The maximum absolute atomic E-state index is 12.7. The summed E-state index contributed by atoms with van der Waals surface area (Å²) < 4.78 is 7.27. The van der Waals surface area contributed by atoms with E-state index in [-0.39, 0.29) is 5.97 Å². The van der Waals surface area contributed by atoms with Crippen LogP contribution in [0.2, 0.25) is 0 Å². The van der Waals surface area contributed by atoms with Crippen LogP contribution in [0.5, 0.6) is 0 Å². The Morgan fingerprint density at radius 1 is 1.21 bits per heavy atom. The number of esters is 1. The number of hydrogen-bond acceptors (Lipinski definition) is 7. The minimum atomic E-state index is -0.337. The predicted octanol–water partition coefficient (Wildman–Crippen LogP) is 4.87. The highest BCUT2D eigenvalue weighted by molar-refractivity contribution is 7.98. The van der Waals surface area contributed by atoms with E-state index in [4.69, 9.17) is 9.72 Å². The van der Waals surface area contributed by atoms with E-state index in [0.29, 0.717) is 23.6 Å². The molecule has 0 radical (unpaired) electrons. The number of para-hydroxylation sites is 1. The zero-order valence-electron chi connectivity index (χ0n) is 16.4. The Morgan fingerprint density at radius 2 is 2.03 bits per heavy atom. The molecule has 0 atom stereocenters. The van der Waals surface area contributed by atoms with Crippen LogP contribution in [0.4, 0.5) is 0 Å². The lowest BCUT2D eigenvalue weighted by Crippen LogP contribution is -2.12. The van der Waals surface area contributed by atoms with Gasteiger partial charge in [-0.05, 0) is 36.9 Å². The molecule has 0 bridgehead atoms. The van der Waals surface area contributed by atoms with Gasteiger partial charge in [0.1, 0.15) is 0 Å². The van der Waals surface area contributed by atoms with E-state index in [1.807, 2.05) is 67.2 Å². The van der Waals surface area contributed by atoms with E-state index < -0.39 is 0 Å². The lowest BCUT2D eigenvalue weighted by Gasteiger charge is -2.13. The molecule has 29 heavy (non-hydrogen) atoms. The molecule has 4 rings (SSSR count). The summed E-state index contributed by atoms with van der Waals surface area (Å²) in [5, 5.41) is 12.4. The van der Waals surface area contributed by atoms with Gasteiger partial charge in [0.15, 0.2) is 11.0 Å². The molecule has 3 aromatic heterocycles. The van der Waals surface area contributed by atoms with Gasteiger partial charge >= 0.3 is 5.97 Å². The molecule has 1 aromatic carbocycles. The summed E-state index contributed by atoms with van der Waals surface area (Å²) in [7, 11) is 1.95.